The predicted molar refractivity (Wildman–Crippen MR) is 107 cm³/mol. The van der Waals surface area contributed by atoms with E-state index in [1.807, 2.05) is 6.07 Å². The van der Waals surface area contributed by atoms with Gasteiger partial charge in [-0.25, -0.2) is 17.9 Å². The number of fused-ring (bicyclic) bond motifs is 1. The van der Waals surface area contributed by atoms with Crippen molar-refractivity contribution in [2.75, 3.05) is 26.1 Å². The average molecular weight is 420 g/mol. The van der Waals surface area contributed by atoms with Crippen LogP contribution in [0.3, 0.4) is 0 Å². The number of methoxy groups -OCH3 is 2. The summed E-state index contributed by atoms with van der Waals surface area (Å²) in [6, 6.07) is 11.1. The minimum atomic E-state index is -3.84. The third-order valence-corrected chi connectivity index (χ3v) is 6.42. The van der Waals surface area contributed by atoms with E-state index in [0.29, 0.717) is 23.4 Å². The summed E-state index contributed by atoms with van der Waals surface area (Å²) in [7, 11) is -1.02. The van der Waals surface area contributed by atoms with Gasteiger partial charge in [-0.05, 0) is 66.8 Å². The smallest absolute Gasteiger partial charge is 0.411 e. The number of hydrogen-bond donors (Lipinski definition) is 3. The minimum Gasteiger partial charge on any atom is -0.497 e. The summed E-state index contributed by atoms with van der Waals surface area (Å²) in [5.41, 5.74) is 0.782. The van der Waals surface area contributed by atoms with E-state index in [4.69, 9.17) is 4.74 Å². The summed E-state index contributed by atoms with van der Waals surface area (Å²) in [4.78, 5) is 11.2. The normalized spacial score (nSPS) is 18.6. The van der Waals surface area contributed by atoms with Crippen LogP contribution in [0.2, 0.25) is 0 Å². The molecule has 0 aromatic heterocycles. The van der Waals surface area contributed by atoms with Gasteiger partial charge in [-0.2, -0.15) is 0 Å². The van der Waals surface area contributed by atoms with Crippen LogP contribution in [0, 0.1) is 0 Å². The zero-order chi connectivity index (χ0) is 21.1. The summed E-state index contributed by atoms with van der Waals surface area (Å²) in [6.07, 6.45) is 1.35. The first kappa shape index (κ1) is 21.1. The molecule has 2 aromatic carbocycles. The van der Waals surface area contributed by atoms with E-state index in [9.17, 15) is 18.3 Å². The maximum atomic E-state index is 12.7. The molecule has 0 unspecified atom stereocenters. The SMILES string of the molecule is COC(=O)Nc1ccc(S(=O)(=O)NC[C@@]2(O)CCCc3cc(OC)ccc32)cc1. The van der Waals surface area contributed by atoms with Crippen LogP contribution in [0.4, 0.5) is 10.5 Å². The maximum Gasteiger partial charge on any atom is 0.411 e. The molecule has 0 bridgehead atoms. The number of aryl methyl sites for hydroxylation is 1. The Kier molecular flexibility index (Phi) is 6.11. The first-order chi connectivity index (χ1) is 13.8. The highest BCUT2D eigenvalue weighted by Gasteiger charge is 2.35. The van der Waals surface area contributed by atoms with Crippen LogP contribution in [0.1, 0.15) is 24.0 Å². The van der Waals surface area contributed by atoms with Crippen molar-refractivity contribution in [3.05, 3.63) is 53.6 Å². The Bertz CT molecular complexity index is 991. The van der Waals surface area contributed by atoms with Crippen molar-refractivity contribution in [3.8, 4) is 5.75 Å². The van der Waals surface area contributed by atoms with Crippen molar-refractivity contribution in [2.45, 2.75) is 29.8 Å². The second kappa shape index (κ2) is 8.40. The molecule has 0 fully saturated rings. The number of aliphatic hydroxyl groups is 1. The van der Waals surface area contributed by atoms with Crippen molar-refractivity contribution >= 4 is 21.8 Å². The fourth-order valence-corrected chi connectivity index (χ4v) is 4.52. The summed E-state index contributed by atoms with van der Waals surface area (Å²) in [5, 5.41) is 13.6. The van der Waals surface area contributed by atoms with E-state index < -0.39 is 21.7 Å². The second-order valence-corrected chi connectivity index (χ2v) is 8.64. The monoisotopic (exact) mass is 420 g/mol. The lowest BCUT2D eigenvalue weighted by molar-refractivity contribution is 0.0242. The van der Waals surface area contributed by atoms with Crippen LogP contribution in [0.25, 0.3) is 0 Å². The molecule has 9 heteroatoms. The zero-order valence-corrected chi connectivity index (χ0v) is 17.1. The van der Waals surface area contributed by atoms with Gasteiger partial charge in [0.2, 0.25) is 10.0 Å². The Morgan fingerprint density at radius 3 is 2.55 bits per heavy atom. The maximum absolute atomic E-state index is 12.7. The fourth-order valence-electron chi connectivity index (χ4n) is 3.43. The molecule has 1 aliphatic rings. The summed E-state index contributed by atoms with van der Waals surface area (Å²) in [6.45, 7) is -0.142. The van der Waals surface area contributed by atoms with Crippen molar-refractivity contribution < 1.29 is 27.8 Å². The summed E-state index contributed by atoms with van der Waals surface area (Å²) in [5.74, 6) is 0.703. The van der Waals surface area contributed by atoms with Gasteiger partial charge in [0.1, 0.15) is 11.4 Å². The molecule has 156 valence electrons. The predicted octanol–water partition coefficient (Wildman–Crippen LogP) is 2.38. The third-order valence-electron chi connectivity index (χ3n) is 5.00. The minimum absolute atomic E-state index is 0.0299. The molecule has 3 rings (SSSR count). The van der Waals surface area contributed by atoms with Gasteiger partial charge in [0.05, 0.1) is 19.1 Å². The quantitative estimate of drug-likeness (QED) is 0.661. The van der Waals surface area contributed by atoms with Crippen LogP contribution in [0.5, 0.6) is 5.75 Å². The Labute approximate surface area is 169 Å². The highest BCUT2D eigenvalue weighted by molar-refractivity contribution is 7.89. The largest absolute Gasteiger partial charge is 0.497 e. The van der Waals surface area contributed by atoms with Gasteiger partial charge in [0.25, 0.3) is 0 Å². The molecular formula is C20H24N2O6S. The van der Waals surface area contributed by atoms with Gasteiger partial charge in [-0.1, -0.05) is 6.07 Å². The number of benzene rings is 2. The van der Waals surface area contributed by atoms with E-state index in [1.54, 1.807) is 19.2 Å². The highest BCUT2D eigenvalue weighted by atomic mass is 32.2. The van der Waals surface area contributed by atoms with Crippen molar-refractivity contribution in [3.63, 3.8) is 0 Å². The molecule has 2 aromatic rings. The number of ether oxygens (including phenoxy) is 2. The first-order valence-electron chi connectivity index (χ1n) is 9.12. The fraction of sp³-hybridized carbons (Fsp3) is 0.350. The first-order valence-corrected chi connectivity index (χ1v) is 10.6. The van der Waals surface area contributed by atoms with Crippen LogP contribution in [0.15, 0.2) is 47.4 Å². The number of anilines is 1. The van der Waals surface area contributed by atoms with E-state index in [1.165, 1.54) is 31.4 Å². The lowest BCUT2D eigenvalue weighted by Gasteiger charge is -2.34. The van der Waals surface area contributed by atoms with Crippen LogP contribution < -0.4 is 14.8 Å². The average Bonchev–Trinajstić information content (AvgIpc) is 2.72. The molecule has 0 heterocycles. The summed E-state index contributed by atoms with van der Waals surface area (Å²) < 4.78 is 37.6. The molecule has 0 aliphatic heterocycles. The van der Waals surface area contributed by atoms with E-state index >= 15 is 0 Å². The van der Waals surface area contributed by atoms with Crippen molar-refractivity contribution in [1.29, 1.82) is 0 Å². The molecule has 0 saturated carbocycles. The molecule has 1 atom stereocenters. The van der Waals surface area contributed by atoms with Crippen LogP contribution in [-0.4, -0.2) is 40.4 Å². The number of hydrogen-bond acceptors (Lipinski definition) is 6. The standard InChI is InChI=1S/C20H24N2O6S/c1-27-16-7-10-18-14(12-16)4-3-11-20(18,24)13-21-29(25,26)17-8-5-15(6-9-17)22-19(23)28-2/h5-10,12,21,24H,3-4,11,13H2,1-2H3,(H,22,23)/t20-/m0/s1. The van der Waals surface area contributed by atoms with Gasteiger partial charge >= 0.3 is 6.09 Å². The molecule has 0 saturated heterocycles. The Morgan fingerprint density at radius 1 is 1.17 bits per heavy atom. The van der Waals surface area contributed by atoms with E-state index in [-0.39, 0.29) is 11.4 Å². The molecular weight excluding hydrogens is 396 g/mol. The number of carbonyl (C=O) groups excluding carboxylic acids is 1. The number of nitrogens with one attached hydrogen (secondary N) is 2. The topological polar surface area (TPSA) is 114 Å². The van der Waals surface area contributed by atoms with Gasteiger partial charge in [0.15, 0.2) is 0 Å². The second-order valence-electron chi connectivity index (χ2n) is 6.87. The zero-order valence-electron chi connectivity index (χ0n) is 16.3. The number of carbonyl (C=O) groups is 1. The lowest BCUT2D eigenvalue weighted by atomic mass is 9.79. The Hall–Kier alpha value is -2.62. The lowest BCUT2D eigenvalue weighted by Crippen LogP contribution is -2.42. The Balaban J connectivity index is 1.74. The van der Waals surface area contributed by atoms with Crippen LogP contribution in [-0.2, 0) is 26.8 Å². The highest BCUT2D eigenvalue weighted by Crippen LogP contribution is 2.36. The number of sulfonamides is 1. The van der Waals surface area contributed by atoms with E-state index in [2.05, 4.69) is 14.8 Å². The van der Waals surface area contributed by atoms with Gasteiger partial charge in [-0.15, -0.1) is 0 Å². The van der Waals surface area contributed by atoms with Gasteiger partial charge < -0.3 is 14.6 Å². The van der Waals surface area contributed by atoms with E-state index in [0.717, 1.165) is 18.4 Å². The number of amides is 1. The molecule has 3 N–H and O–H groups in total. The third kappa shape index (κ3) is 4.69. The molecule has 1 amide bonds. The van der Waals surface area contributed by atoms with Gasteiger partial charge in [0, 0.05) is 12.2 Å². The Morgan fingerprint density at radius 2 is 1.90 bits per heavy atom. The number of rotatable bonds is 6. The van der Waals surface area contributed by atoms with Crippen molar-refractivity contribution in [1.82, 2.24) is 4.72 Å². The van der Waals surface area contributed by atoms with Crippen molar-refractivity contribution in [2.24, 2.45) is 0 Å². The molecule has 0 spiro atoms. The molecule has 8 nitrogen and oxygen atoms in total. The molecule has 1 aliphatic carbocycles. The van der Waals surface area contributed by atoms with Crippen LogP contribution >= 0.6 is 0 Å². The van der Waals surface area contributed by atoms with Gasteiger partial charge in [-0.3, -0.25) is 5.32 Å². The molecule has 29 heavy (non-hydrogen) atoms. The summed E-state index contributed by atoms with van der Waals surface area (Å²) >= 11 is 0. The molecule has 0 radical (unpaired) electrons.